The second-order valence-corrected chi connectivity index (χ2v) is 4.25. The Kier molecular flexibility index (Phi) is 3.19. The number of carboxylic acid groups (broad SMARTS) is 1. The van der Waals surface area contributed by atoms with E-state index in [9.17, 15) is 18.0 Å². The van der Waals surface area contributed by atoms with Crippen molar-refractivity contribution in [3.8, 4) is 5.75 Å². The van der Waals surface area contributed by atoms with Gasteiger partial charge in [0.25, 0.3) is 0 Å². The molecular weight excluding hydrogens is 249 g/mol. The van der Waals surface area contributed by atoms with Crippen molar-refractivity contribution in [2.75, 3.05) is 0 Å². The third-order valence-electron chi connectivity index (χ3n) is 3.11. The Morgan fingerprint density at radius 3 is 2.56 bits per heavy atom. The number of carbonyl (C=O) groups is 1. The summed E-state index contributed by atoms with van der Waals surface area (Å²) in [7, 11) is 0. The van der Waals surface area contributed by atoms with E-state index in [1.54, 1.807) is 6.07 Å². The molecule has 6 heteroatoms. The van der Waals surface area contributed by atoms with Crippen LogP contribution in [-0.2, 0) is 4.79 Å². The molecule has 0 aromatic heterocycles. The third-order valence-corrected chi connectivity index (χ3v) is 3.11. The predicted octanol–water partition coefficient (Wildman–Crippen LogP) is 3.16. The second-order valence-electron chi connectivity index (χ2n) is 4.25. The number of aliphatic carboxylic acids is 1. The predicted molar refractivity (Wildman–Crippen MR) is 56.2 cm³/mol. The summed E-state index contributed by atoms with van der Waals surface area (Å²) in [6.45, 7) is 0. The summed E-state index contributed by atoms with van der Waals surface area (Å²) >= 11 is 0. The minimum atomic E-state index is -4.73. The van der Waals surface area contributed by atoms with E-state index in [2.05, 4.69) is 4.74 Å². The second kappa shape index (κ2) is 4.51. The zero-order chi connectivity index (χ0) is 13.3. The van der Waals surface area contributed by atoms with Crippen molar-refractivity contribution < 1.29 is 27.8 Å². The molecule has 1 aromatic rings. The van der Waals surface area contributed by atoms with E-state index in [1.807, 2.05) is 0 Å². The lowest BCUT2D eigenvalue weighted by molar-refractivity contribution is -0.274. The van der Waals surface area contributed by atoms with Gasteiger partial charge in [0.2, 0.25) is 0 Å². The molecule has 2 rings (SSSR count). The maximum absolute atomic E-state index is 12.1. The number of benzene rings is 1. The lowest BCUT2D eigenvalue weighted by atomic mass is 9.70. The molecule has 0 spiro atoms. The van der Waals surface area contributed by atoms with Crippen LogP contribution >= 0.6 is 0 Å². The van der Waals surface area contributed by atoms with Crippen LogP contribution < -0.4 is 4.74 Å². The molecule has 1 aromatic carbocycles. The quantitative estimate of drug-likeness (QED) is 0.908. The first-order chi connectivity index (χ1) is 8.37. The summed E-state index contributed by atoms with van der Waals surface area (Å²) in [5.74, 6) is -1.95. The standard InChI is InChI=1S/C12H11F3O3/c13-12(14,15)18-8-3-1-2-7(6-8)9-4-5-10(9)11(16)17/h1-3,6,9-10H,4-5H2,(H,16,17). The van der Waals surface area contributed by atoms with Gasteiger partial charge in [-0.15, -0.1) is 13.2 Å². The summed E-state index contributed by atoms with van der Waals surface area (Å²) in [4.78, 5) is 10.9. The average Bonchev–Trinajstić information content (AvgIpc) is 2.12. The SMILES string of the molecule is O=C(O)C1CCC1c1cccc(OC(F)(F)F)c1. The molecule has 0 saturated heterocycles. The minimum absolute atomic E-state index is 0.223. The first-order valence-corrected chi connectivity index (χ1v) is 5.45. The fraction of sp³-hybridized carbons (Fsp3) is 0.417. The molecule has 1 aliphatic rings. The fourth-order valence-electron chi connectivity index (χ4n) is 2.14. The van der Waals surface area contributed by atoms with Crippen molar-refractivity contribution in [3.05, 3.63) is 29.8 Å². The molecule has 1 saturated carbocycles. The van der Waals surface area contributed by atoms with Crippen LogP contribution in [0.3, 0.4) is 0 Å². The Morgan fingerprint density at radius 1 is 1.33 bits per heavy atom. The zero-order valence-corrected chi connectivity index (χ0v) is 9.28. The van der Waals surface area contributed by atoms with E-state index in [-0.39, 0.29) is 11.7 Å². The number of hydrogen-bond donors (Lipinski definition) is 1. The Morgan fingerprint density at radius 2 is 2.06 bits per heavy atom. The molecule has 2 atom stereocenters. The van der Waals surface area contributed by atoms with Gasteiger partial charge >= 0.3 is 12.3 Å². The highest BCUT2D eigenvalue weighted by Gasteiger charge is 2.38. The molecule has 3 nitrogen and oxygen atoms in total. The lowest BCUT2D eigenvalue weighted by Gasteiger charge is -2.33. The van der Waals surface area contributed by atoms with Gasteiger partial charge in [-0.1, -0.05) is 12.1 Å². The van der Waals surface area contributed by atoms with Gasteiger partial charge in [0.15, 0.2) is 0 Å². The molecule has 0 bridgehead atoms. The third kappa shape index (κ3) is 2.75. The van der Waals surface area contributed by atoms with E-state index in [1.165, 1.54) is 18.2 Å². The molecule has 0 radical (unpaired) electrons. The summed E-state index contributed by atoms with van der Waals surface area (Å²) in [5, 5.41) is 8.91. The van der Waals surface area contributed by atoms with Gasteiger partial charge in [0.1, 0.15) is 5.75 Å². The normalized spacial score (nSPS) is 23.3. The van der Waals surface area contributed by atoms with Gasteiger partial charge in [-0.2, -0.15) is 0 Å². The molecular formula is C12H11F3O3. The van der Waals surface area contributed by atoms with Crippen molar-refractivity contribution in [1.82, 2.24) is 0 Å². The van der Waals surface area contributed by atoms with Crippen LogP contribution in [-0.4, -0.2) is 17.4 Å². The van der Waals surface area contributed by atoms with E-state index >= 15 is 0 Å². The summed E-state index contributed by atoms with van der Waals surface area (Å²) in [6.07, 6.45) is -3.50. The highest BCUT2D eigenvalue weighted by atomic mass is 19.4. The van der Waals surface area contributed by atoms with Crippen LogP contribution in [0, 0.1) is 5.92 Å². The number of halogens is 3. The molecule has 0 heterocycles. The summed E-state index contributed by atoms with van der Waals surface area (Å²) in [6, 6.07) is 5.52. The molecule has 98 valence electrons. The maximum Gasteiger partial charge on any atom is 0.573 e. The summed E-state index contributed by atoms with van der Waals surface area (Å²) in [5.41, 5.74) is 0.579. The van der Waals surface area contributed by atoms with E-state index in [4.69, 9.17) is 5.11 Å². The van der Waals surface area contributed by atoms with E-state index in [0.717, 1.165) is 0 Å². The van der Waals surface area contributed by atoms with Crippen LogP contribution in [0.15, 0.2) is 24.3 Å². The molecule has 2 unspecified atom stereocenters. The number of hydrogen-bond acceptors (Lipinski definition) is 2. The Labute approximate surface area is 101 Å². The molecule has 0 aliphatic heterocycles. The molecule has 1 N–H and O–H groups in total. The van der Waals surface area contributed by atoms with Crippen LogP contribution in [0.1, 0.15) is 24.3 Å². The topological polar surface area (TPSA) is 46.5 Å². The van der Waals surface area contributed by atoms with Gasteiger partial charge in [-0.25, -0.2) is 0 Å². The highest BCUT2D eigenvalue weighted by molar-refractivity contribution is 5.72. The first-order valence-electron chi connectivity index (χ1n) is 5.45. The lowest BCUT2D eigenvalue weighted by Crippen LogP contribution is -2.30. The van der Waals surface area contributed by atoms with E-state index in [0.29, 0.717) is 18.4 Å². The van der Waals surface area contributed by atoms with Gasteiger partial charge in [0.05, 0.1) is 5.92 Å². The number of rotatable bonds is 3. The van der Waals surface area contributed by atoms with Gasteiger partial charge in [-0.05, 0) is 36.5 Å². The molecule has 1 aliphatic carbocycles. The minimum Gasteiger partial charge on any atom is -0.481 e. The maximum atomic E-state index is 12.1. The Bertz CT molecular complexity index is 456. The summed E-state index contributed by atoms with van der Waals surface area (Å²) < 4.78 is 40.0. The van der Waals surface area contributed by atoms with Gasteiger partial charge in [0, 0.05) is 0 Å². The zero-order valence-electron chi connectivity index (χ0n) is 9.28. The van der Waals surface area contributed by atoms with Gasteiger partial charge < -0.3 is 9.84 Å². The monoisotopic (exact) mass is 260 g/mol. The van der Waals surface area contributed by atoms with Crippen molar-refractivity contribution in [1.29, 1.82) is 0 Å². The van der Waals surface area contributed by atoms with Crippen LogP contribution in [0.5, 0.6) is 5.75 Å². The van der Waals surface area contributed by atoms with Crippen LogP contribution in [0.2, 0.25) is 0 Å². The first kappa shape index (κ1) is 12.7. The highest BCUT2D eigenvalue weighted by Crippen LogP contribution is 2.43. The molecule has 18 heavy (non-hydrogen) atoms. The van der Waals surface area contributed by atoms with Crippen LogP contribution in [0.25, 0.3) is 0 Å². The molecule has 0 amide bonds. The van der Waals surface area contributed by atoms with Crippen molar-refractivity contribution in [2.24, 2.45) is 5.92 Å². The average molecular weight is 260 g/mol. The largest absolute Gasteiger partial charge is 0.573 e. The van der Waals surface area contributed by atoms with Crippen molar-refractivity contribution >= 4 is 5.97 Å². The number of alkyl halides is 3. The number of carboxylic acids is 1. The van der Waals surface area contributed by atoms with E-state index < -0.39 is 18.2 Å². The Balaban J connectivity index is 2.15. The van der Waals surface area contributed by atoms with Gasteiger partial charge in [-0.3, -0.25) is 4.79 Å². The van der Waals surface area contributed by atoms with Crippen molar-refractivity contribution in [3.63, 3.8) is 0 Å². The fourth-order valence-corrected chi connectivity index (χ4v) is 2.14. The smallest absolute Gasteiger partial charge is 0.481 e. The number of ether oxygens (including phenoxy) is 1. The van der Waals surface area contributed by atoms with Crippen molar-refractivity contribution in [2.45, 2.75) is 25.1 Å². The Hall–Kier alpha value is -1.72. The molecule has 1 fully saturated rings. The van der Waals surface area contributed by atoms with Crippen LogP contribution in [0.4, 0.5) is 13.2 Å².